The van der Waals surface area contributed by atoms with Crippen LogP contribution in [0.3, 0.4) is 0 Å². The molecule has 90 valence electrons. The van der Waals surface area contributed by atoms with Gasteiger partial charge in [-0.15, -0.1) is 11.3 Å². The van der Waals surface area contributed by atoms with Gasteiger partial charge in [0.1, 0.15) is 0 Å². The predicted molar refractivity (Wildman–Crippen MR) is 81.7 cm³/mol. The van der Waals surface area contributed by atoms with E-state index in [9.17, 15) is 0 Å². The molecule has 0 spiro atoms. The van der Waals surface area contributed by atoms with Crippen LogP contribution in [0.15, 0.2) is 32.5 Å². The minimum Gasteiger partial charge on any atom is -0.320 e. The van der Waals surface area contributed by atoms with Crippen LogP contribution in [-0.4, -0.2) is 0 Å². The van der Waals surface area contributed by atoms with Crippen LogP contribution in [0.4, 0.5) is 0 Å². The van der Waals surface area contributed by atoms with E-state index in [4.69, 9.17) is 5.73 Å². The van der Waals surface area contributed by atoms with Gasteiger partial charge in [0.2, 0.25) is 0 Å². The van der Waals surface area contributed by atoms with E-state index in [1.807, 2.05) is 0 Å². The molecule has 0 radical (unpaired) electrons. The zero-order chi connectivity index (χ0) is 12.6. The average molecular weight is 375 g/mol. The molecule has 1 atom stereocenters. The van der Waals surface area contributed by atoms with Crippen molar-refractivity contribution in [3.63, 3.8) is 0 Å². The number of hydrogen-bond acceptors (Lipinski definition) is 2. The average Bonchev–Trinajstić information content (AvgIpc) is 2.62. The Balaban J connectivity index is 2.43. The van der Waals surface area contributed by atoms with Crippen LogP contribution in [0.1, 0.15) is 27.6 Å². The van der Waals surface area contributed by atoms with Gasteiger partial charge in [-0.25, -0.2) is 0 Å². The quantitative estimate of drug-likeness (QED) is 0.791. The Bertz CT molecular complexity index is 529. The van der Waals surface area contributed by atoms with Crippen LogP contribution in [0.2, 0.25) is 0 Å². The summed E-state index contributed by atoms with van der Waals surface area (Å²) in [6.07, 6.45) is 0. The second-order valence-corrected chi connectivity index (χ2v) is 7.29. The molecule has 0 fully saturated rings. The number of aryl methyl sites for hydroxylation is 1. The minimum atomic E-state index is -0.0532. The van der Waals surface area contributed by atoms with Crippen molar-refractivity contribution >= 4 is 43.2 Å². The molecule has 0 amide bonds. The fourth-order valence-corrected chi connectivity index (χ4v) is 3.89. The van der Waals surface area contributed by atoms with Crippen molar-refractivity contribution in [1.82, 2.24) is 0 Å². The fraction of sp³-hybridized carbons (Fsp3) is 0.231. The van der Waals surface area contributed by atoms with Crippen LogP contribution in [0.5, 0.6) is 0 Å². The molecule has 2 aromatic rings. The molecule has 0 saturated heterocycles. The van der Waals surface area contributed by atoms with Gasteiger partial charge in [-0.1, -0.05) is 18.2 Å². The van der Waals surface area contributed by atoms with Crippen molar-refractivity contribution in [2.45, 2.75) is 19.9 Å². The summed E-state index contributed by atoms with van der Waals surface area (Å²) in [7, 11) is 0. The lowest BCUT2D eigenvalue weighted by Crippen LogP contribution is -2.12. The molecule has 0 aliphatic heterocycles. The minimum absolute atomic E-state index is 0.0532. The third-order valence-corrected chi connectivity index (χ3v) is 6.29. The van der Waals surface area contributed by atoms with Crippen LogP contribution in [0, 0.1) is 13.8 Å². The topological polar surface area (TPSA) is 26.0 Å². The Labute approximate surface area is 122 Å². The highest BCUT2D eigenvalue weighted by atomic mass is 79.9. The third-order valence-electron chi connectivity index (χ3n) is 2.95. The SMILES string of the molecule is Cc1cccc(C(N)c2cc(Br)c(Br)s2)c1C. The molecule has 1 aromatic carbocycles. The van der Waals surface area contributed by atoms with E-state index >= 15 is 0 Å². The van der Waals surface area contributed by atoms with Crippen molar-refractivity contribution in [3.8, 4) is 0 Å². The molecule has 0 bridgehead atoms. The summed E-state index contributed by atoms with van der Waals surface area (Å²) in [6.45, 7) is 4.24. The lowest BCUT2D eigenvalue weighted by atomic mass is 9.97. The standard InChI is InChI=1S/C13H13Br2NS/c1-7-4-3-5-9(8(7)2)12(16)11-6-10(14)13(15)17-11/h3-6,12H,16H2,1-2H3. The molecule has 2 N–H and O–H groups in total. The maximum Gasteiger partial charge on any atom is 0.0843 e. The summed E-state index contributed by atoms with van der Waals surface area (Å²) in [4.78, 5) is 1.16. The fourth-order valence-electron chi connectivity index (χ4n) is 1.78. The van der Waals surface area contributed by atoms with E-state index in [0.717, 1.165) is 13.1 Å². The zero-order valence-electron chi connectivity index (χ0n) is 9.63. The highest BCUT2D eigenvalue weighted by Gasteiger charge is 2.16. The van der Waals surface area contributed by atoms with E-state index in [0.29, 0.717) is 0 Å². The molecular formula is C13H13Br2NS. The normalized spacial score (nSPS) is 12.8. The number of thiophene rings is 1. The largest absolute Gasteiger partial charge is 0.320 e. The van der Waals surface area contributed by atoms with Crippen molar-refractivity contribution < 1.29 is 0 Å². The molecule has 0 aliphatic carbocycles. The Morgan fingerprint density at radius 2 is 1.94 bits per heavy atom. The Hall–Kier alpha value is -0.160. The maximum atomic E-state index is 6.34. The summed E-state index contributed by atoms with van der Waals surface area (Å²) in [5.74, 6) is 0. The van der Waals surface area contributed by atoms with Gasteiger partial charge in [0.05, 0.1) is 9.83 Å². The maximum absolute atomic E-state index is 6.34. The van der Waals surface area contributed by atoms with Gasteiger partial charge < -0.3 is 5.73 Å². The van der Waals surface area contributed by atoms with E-state index in [1.54, 1.807) is 11.3 Å². The molecule has 1 aromatic heterocycles. The summed E-state index contributed by atoms with van der Waals surface area (Å²) in [5.41, 5.74) is 10.1. The first-order valence-corrected chi connectivity index (χ1v) is 7.67. The van der Waals surface area contributed by atoms with Crippen molar-refractivity contribution in [2.24, 2.45) is 5.73 Å². The second kappa shape index (κ2) is 5.22. The third kappa shape index (κ3) is 2.65. The Kier molecular flexibility index (Phi) is 4.08. The van der Waals surface area contributed by atoms with Crippen LogP contribution >= 0.6 is 43.2 Å². The van der Waals surface area contributed by atoms with Gasteiger partial charge in [-0.2, -0.15) is 0 Å². The van der Waals surface area contributed by atoms with E-state index in [1.165, 1.54) is 16.7 Å². The Morgan fingerprint density at radius 1 is 1.24 bits per heavy atom. The summed E-state index contributed by atoms with van der Waals surface area (Å²) >= 11 is 8.68. The predicted octanol–water partition coefficient (Wildman–Crippen LogP) is 4.94. The van der Waals surface area contributed by atoms with Gasteiger partial charge in [0, 0.05) is 9.35 Å². The number of nitrogens with two attached hydrogens (primary N) is 1. The molecule has 17 heavy (non-hydrogen) atoms. The molecule has 4 heteroatoms. The van der Waals surface area contributed by atoms with Gasteiger partial charge in [0.15, 0.2) is 0 Å². The monoisotopic (exact) mass is 373 g/mol. The smallest absolute Gasteiger partial charge is 0.0843 e. The summed E-state index contributed by atoms with van der Waals surface area (Å²) in [5, 5.41) is 0. The van der Waals surface area contributed by atoms with Crippen LogP contribution in [-0.2, 0) is 0 Å². The first-order chi connectivity index (χ1) is 8.00. The zero-order valence-corrected chi connectivity index (χ0v) is 13.6. The summed E-state index contributed by atoms with van der Waals surface area (Å²) in [6, 6.07) is 8.32. The number of hydrogen-bond donors (Lipinski definition) is 1. The van der Waals surface area contributed by atoms with Crippen molar-refractivity contribution in [1.29, 1.82) is 0 Å². The molecule has 2 rings (SSSR count). The molecule has 1 heterocycles. The van der Waals surface area contributed by atoms with E-state index < -0.39 is 0 Å². The van der Waals surface area contributed by atoms with Gasteiger partial charge >= 0.3 is 0 Å². The van der Waals surface area contributed by atoms with Crippen LogP contribution in [0.25, 0.3) is 0 Å². The highest BCUT2D eigenvalue weighted by molar-refractivity contribution is 9.13. The first kappa shape index (κ1) is 13.3. The molecule has 1 unspecified atom stereocenters. The number of halogens is 2. The Morgan fingerprint density at radius 3 is 2.53 bits per heavy atom. The highest BCUT2D eigenvalue weighted by Crippen LogP contribution is 2.37. The van der Waals surface area contributed by atoms with Gasteiger partial charge in [-0.05, 0) is 68.5 Å². The number of benzene rings is 1. The second-order valence-electron chi connectivity index (χ2n) is 4.04. The number of rotatable bonds is 2. The van der Waals surface area contributed by atoms with Crippen molar-refractivity contribution in [3.05, 3.63) is 54.1 Å². The van der Waals surface area contributed by atoms with Gasteiger partial charge in [0.25, 0.3) is 0 Å². The lowest BCUT2D eigenvalue weighted by molar-refractivity contribution is 0.879. The van der Waals surface area contributed by atoms with Crippen LogP contribution < -0.4 is 5.73 Å². The molecule has 0 aliphatic rings. The van der Waals surface area contributed by atoms with Gasteiger partial charge in [-0.3, -0.25) is 0 Å². The lowest BCUT2D eigenvalue weighted by Gasteiger charge is -2.14. The van der Waals surface area contributed by atoms with E-state index in [2.05, 4.69) is 70.0 Å². The molecule has 0 saturated carbocycles. The summed E-state index contributed by atoms with van der Waals surface area (Å²) < 4.78 is 2.16. The molecule has 1 nitrogen and oxygen atoms in total. The van der Waals surface area contributed by atoms with Crippen molar-refractivity contribution in [2.75, 3.05) is 0 Å². The first-order valence-electron chi connectivity index (χ1n) is 5.27. The molecular weight excluding hydrogens is 362 g/mol. The van der Waals surface area contributed by atoms with E-state index in [-0.39, 0.29) is 6.04 Å².